The molecule has 1 aliphatic rings. The zero-order valence-corrected chi connectivity index (χ0v) is 12.6. The number of halogens is 1. The molecular formula is C13H18BrNOS. The van der Waals surface area contributed by atoms with Gasteiger partial charge in [-0.1, -0.05) is 20.3 Å². The lowest BCUT2D eigenvalue weighted by atomic mass is 9.93. The van der Waals surface area contributed by atoms with E-state index >= 15 is 0 Å². The zero-order chi connectivity index (χ0) is 12.4. The highest BCUT2D eigenvalue weighted by Gasteiger charge is 2.32. The van der Waals surface area contributed by atoms with E-state index in [1.54, 1.807) is 11.3 Å². The van der Waals surface area contributed by atoms with E-state index in [9.17, 15) is 4.79 Å². The summed E-state index contributed by atoms with van der Waals surface area (Å²) in [5, 5.41) is 5.07. The molecule has 0 radical (unpaired) electrons. The van der Waals surface area contributed by atoms with Crippen LogP contribution in [0.5, 0.6) is 0 Å². The van der Waals surface area contributed by atoms with Crippen molar-refractivity contribution in [3.63, 3.8) is 0 Å². The molecule has 1 aromatic rings. The SMILES string of the molecule is CCC1CCC(NC(=O)c2csc(Br)c2)C1C. The Morgan fingerprint density at radius 3 is 2.88 bits per heavy atom. The van der Waals surface area contributed by atoms with Crippen LogP contribution in [0.4, 0.5) is 0 Å². The summed E-state index contributed by atoms with van der Waals surface area (Å²) in [6.07, 6.45) is 3.59. The summed E-state index contributed by atoms with van der Waals surface area (Å²) in [7, 11) is 0. The Morgan fingerprint density at radius 1 is 1.59 bits per heavy atom. The molecule has 1 aromatic heterocycles. The van der Waals surface area contributed by atoms with Gasteiger partial charge in [0.1, 0.15) is 0 Å². The monoisotopic (exact) mass is 315 g/mol. The molecule has 0 saturated heterocycles. The van der Waals surface area contributed by atoms with Crippen molar-refractivity contribution in [3.8, 4) is 0 Å². The highest BCUT2D eigenvalue weighted by Crippen LogP contribution is 2.34. The standard InChI is InChI=1S/C13H18BrNOS/c1-3-9-4-5-11(8(9)2)15-13(16)10-6-12(14)17-7-10/h6-9,11H,3-5H2,1-2H3,(H,15,16). The number of hydrogen-bond donors (Lipinski definition) is 1. The Labute approximate surface area is 115 Å². The summed E-state index contributed by atoms with van der Waals surface area (Å²) in [5.74, 6) is 1.45. The van der Waals surface area contributed by atoms with Crippen LogP contribution in [0.2, 0.25) is 0 Å². The summed E-state index contributed by atoms with van der Waals surface area (Å²) < 4.78 is 1.01. The Kier molecular flexibility index (Phi) is 4.26. The third kappa shape index (κ3) is 2.91. The van der Waals surface area contributed by atoms with Crippen molar-refractivity contribution < 1.29 is 4.79 Å². The van der Waals surface area contributed by atoms with E-state index in [4.69, 9.17) is 0 Å². The topological polar surface area (TPSA) is 29.1 Å². The van der Waals surface area contributed by atoms with Crippen LogP contribution in [-0.4, -0.2) is 11.9 Å². The van der Waals surface area contributed by atoms with E-state index in [1.165, 1.54) is 12.8 Å². The Morgan fingerprint density at radius 2 is 2.35 bits per heavy atom. The van der Waals surface area contributed by atoms with Gasteiger partial charge in [-0.25, -0.2) is 0 Å². The van der Waals surface area contributed by atoms with Crippen LogP contribution in [0, 0.1) is 11.8 Å². The molecule has 4 heteroatoms. The summed E-state index contributed by atoms with van der Waals surface area (Å²) in [5.41, 5.74) is 0.772. The van der Waals surface area contributed by atoms with E-state index in [2.05, 4.69) is 35.1 Å². The van der Waals surface area contributed by atoms with Crippen molar-refractivity contribution in [1.29, 1.82) is 0 Å². The lowest BCUT2D eigenvalue weighted by molar-refractivity contribution is 0.0927. The minimum absolute atomic E-state index is 0.0700. The quantitative estimate of drug-likeness (QED) is 0.895. The maximum Gasteiger partial charge on any atom is 0.252 e. The molecule has 1 heterocycles. The molecule has 0 bridgehead atoms. The molecule has 0 aliphatic heterocycles. The van der Waals surface area contributed by atoms with Gasteiger partial charge in [-0.3, -0.25) is 4.79 Å². The molecule has 1 N–H and O–H groups in total. The summed E-state index contributed by atoms with van der Waals surface area (Å²) in [4.78, 5) is 12.0. The van der Waals surface area contributed by atoms with E-state index in [0.29, 0.717) is 12.0 Å². The molecule has 1 saturated carbocycles. The van der Waals surface area contributed by atoms with Crippen molar-refractivity contribution in [2.75, 3.05) is 0 Å². The maximum atomic E-state index is 12.0. The van der Waals surface area contributed by atoms with E-state index < -0.39 is 0 Å². The highest BCUT2D eigenvalue weighted by molar-refractivity contribution is 9.11. The second-order valence-electron chi connectivity index (χ2n) is 4.82. The van der Waals surface area contributed by atoms with Gasteiger partial charge >= 0.3 is 0 Å². The molecule has 2 rings (SSSR count). The van der Waals surface area contributed by atoms with E-state index in [-0.39, 0.29) is 5.91 Å². The Balaban J connectivity index is 1.96. The van der Waals surface area contributed by atoms with Gasteiger partial charge in [0, 0.05) is 11.4 Å². The second kappa shape index (κ2) is 5.53. The Bertz CT molecular complexity index is 404. The molecule has 2 nitrogen and oxygen atoms in total. The molecule has 3 unspecified atom stereocenters. The number of nitrogens with one attached hydrogen (secondary N) is 1. The fraction of sp³-hybridized carbons (Fsp3) is 0.615. The number of thiophene rings is 1. The van der Waals surface area contributed by atoms with Crippen LogP contribution < -0.4 is 5.32 Å². The van der Waals surface area contributed by atoms with Crippen LogP contribution in [0.1, 0.15) is 43.5 Å². The fourth-order valence-electron chi connectivity index (χ4n) is 2.71. The smallest absolute Gasteiger partial charge is 0.252 e. The maximum absolute atomic E-state index is 12.0. The second-order valence-corrected chi connectivity index (χ2v) is 7.11. The Hall–Kier alpha value is -0.350. The first-order valence-electron chi connectivity index (χ1n) is 6.16. The van der Waals surface area contributed by atoms with Crippen LogP contribution >= 0.6 is 27.3 Å². The van der Waals surface area contributed by atoms with Crippen molar-refractivity contribution in [3.05, 3.63) is 20.8 Å². The molecule has 1 amide bonds. The molecule has 3 atom stereocenters. The first-order chi connectivity index (χ1) is 8.11. The van der Waals surface area contributed by atoms with Crippen LogP contribution in [0.15, 0.2) is 15.2 Å². The minimum atomic E-state index is 0.0700. The summed E-state index contributed by atoms with van der Waals surface area (Å²) in [6, 6.07) is 2.24. The first kappa shape index (κ1) is 13.1. The van der Waals surface area contributed by atoms with Crippen LogP contribution in [-0.2, 0) is 0 Å². The van der Waals surface area contributed by atoms with Gasteiger partial charge in [0.15, 0.2) is 0 Å². The van der Waals surface area contributed by atoms with Gasteiger partial charge in [-0.15, -0.1) is 11.3 Å². The van der Waals surface area contributed by atoms with Crippen molar-refractivity contribution in [1.82, 2.24) is 5.32 Å². The average molecular weight is 316 g/mol. The van der Waals surface area contributed by atoms with Crippen LogP contribution in [0.3, 0.4) is 0 Å². The lowest BCUT2D eigenvalue weighted by Gasteiger charge is -2.20. The number of rotatable bonds is 3. The average Bonchev–Trinajstić information content (AvgIpc) is 2.87. The predicted octanol–water partition coefficient (Wildman–Crippen LogP) is 4.07. The molecule has 94 valence electrons. The van der Waals surface area contributed by atoms with Gasteiger partial charge in [0.25, 0.3) is 5.91 Å². The van der Waals surface area contributed by atoms with Gasteiger partial charge in [-0.05, 0) is 46.7 Å². The molecule has 0 spiro atoms. The molecule has 17 heavy (non-hydrogen) atoms. The van der Waals surface area contributed by atoms with E-state index in [0.717, 1.165) is 21.7 Å². The predicted molar refractivity (Wildman–Crippen MR) is 75.5 cm³/mol. The zero-order valence-electron chi connectivity index (χ0n) is 10.2. The van der Waals surface area contributed by atoms with Crippen LogP contribution in [0.25, 0.3) is 0 Å². The molecule has 0 aromatic carbocycles. The lowest BCUT2D eigenvalue weighted by Crippen LogP contribution is -2.37. The van der Waals surface area contributed by atoms with Crippen molar-refractivity contribution in [2.45, 2.75) is 39.2 Å². The molecule has 1 aliphatic carbocycles. The summed E-state index contributed by atoms with van der Waals surface area (Å²) >= 11 is 4.94. The number of hydrogen-bond acceptors (Lipinski definition) is 2. The van der Waals surface area contributed by atoms with Gasteiger partial charge in [-0.2, -0.15) is 0 Å². The third-order valence-corrected chi connectivity index (χ3v) is 5.40. The summed E-state index contributed by atoms with van der Waals surface area (Å²) in [6.45, 7) is 4.50. The highest BCUT2D eigenvalue weighted by atomic mass is 79.9. The van der Waals surface area contributed by atoms with Gasteiger partial charge in [0.05, 0.1) is 9.35 Å². The van der Waals surface area contributed by atoms with Gasteiger partial charge < -0.3 is 5.32 Å². The van der Waals surface area contributed by atoms with Gasteiger partial charge in [0.2, 0.25) is 0 Å². The molecular weight excluding hydrogens is 298 g/mol. The third-order valence-electron chi connectivity index (χ3n) is 3.90. The first-order valence-corrected chi connectivity index (χ1v) is 7.84. The van der Waals surface area contributed by atoms with Crippen molar-refractivity contribution in [2.24, 2.45) is 11.8 Å². The number of amides is 1. The van der Waals surface area contributed by atoms with Crippen molar-refractivity contribution >= 4 is 33.2 Å². The minimum Gasteiger partial charge on any atom is -0.349 e. The largest absolute Gasteiger partial charge is 0.349 e. The normalized spacial score (nSPS) is 28.3. The number of carbonyl (C=O) groups is 1. The number of carbonyl (C=O) groups excluding carboxylic acids is 1. The molecule has 1 fully saturated rings. The fourth-order valence-corrected chi connectivity index (χ4v) is 3.84. The van der Waals surface area contributed by atoms with E-state index in [1.807, 2.05) is 11.4 Å².